The van der Waals surface area contributed by atoms with Gasteiger partial charge in [-0.3, -0.25) is 10.1 Å². The van der Waals surface area contributed by atoms with Crippen LogP contribution < -0.4 is 10.6 Å². The molecule has 0 aliphatic rings. The Morgan fingerprint density at radius 1 is 0.917 bits per heavy atom. The van der Waals surface area contributed by atoms with Crippen molar-refractivity contribution in [3.05, 3.63) is 81.1 Å². The molecule has 36 heavy (non-hydrogen) atoms. The van der Waals surface area contributed by atoms with Gasteiger partial charge in [0.1, 0.15) is 23.0 Å². The SMILES string of the molecule is O=[N+]([O-])c1ccc(NCCNc2ncc(-c3cccc4n[nH]nc34)c(-c3ccc(Cl)cc3Cl)n2)nc1. The number of halogens is 2. The number of pyridine rings is 1. The summed E-state index contributed by atoms with van der Waals surface area (Å²) in [6.07, 6.45) is 2.92. The highest BCUT2D eigenvalue weighted by atomic mass is 35.5. The van der Waals surface area contributed by atoms with E-state index in [-0.39, 0.29) is 5.69 Å². The molecule has 3 heterocycles. The molecule has 0 saturated heterocycles. The van der Waals surface area contributed by atoms with E-state index in [0.717, 1.165) is 11.1 Å². The molecule has 0 radical (unpaired) electrons. The lowest BCUT2D eigenvalue weighted by Gasteiger charge is -2.13. The van der Waals surface area contributed by atoms with E-state index in [1.54, 1.807) is 24.4 Å². The van der Waals surface area contributed by atoms with Crippen LogP contribution in [0.4, 0.5) is 17.5 Å². The highest BCUT2D eigenvalue weighted by Crippen LogP contribution is 2.37. The molecule has 0 aliphatic carbocycles. The Morgan fingerprint density at radius 3 is 2.56 bits per heavy atom. The van der Waals surface area contributed by atoms with Crippen LogP contribution in [0.15, 0.2) is 60.9 Å². The van der Waals surface area contributed by atoms with Gasteiger partial charge in [0.15, 0.2) is 0 Å². The van der Waals surface area contributed by atoms with Crippen LogP contribution in [0.3, 0.4) is 0 Å². The molecule has 3 N–H and O–H groups in total. The fraction of sp³-hybridized carbons (Fsp3) is 0.0870. The Kier molecular flexibility index (Phi) is 6.56. The average Bonchev–Trinajstić information content (AvgIpc) is 3.36. The quantitative estimate of drug-likeness (QED) is 0.142. The van der Waals surface area contributed by atoms with Crippen LogP contribution >= 0.6 is 23.2 Å². The fourth-order valence-electron chi connectivity index (χ4n) is 3.60. The lowest BCUT2D eigenvalue weighted by Crippen LogP contribution is -2.16. The number of hydrogen-bond acceptors (Lipinski definition) is 9. The zero-order valence-corrected chi connectivity index (χ0v) is 20.0. The molecule has 0 aliphatic heterocycles. The van der Waals surface area contributed by atoms with Gasteiger partial charge < -0.3 is 10.6 Å². The van der Waals surface area contributed by atoms with Gasteiger partial charge in [-0.15, -0.1) is 0 Å². The third-order valence-electron chi connectivity index (χ3n) is 5.29. The lowest BCUT2D eigenvalue weighted by molar-refractivity contribution is -0.385. The van der Waals surface area contributed by atoms with Gasteiger partial charge in [-0.05, 0) is 30.3 Å². The molecular weight excluding hydrogens is 505 g/mol. The number of para-hydroxylation sites is 1. The third kappa shape index (κ3) is 4.88. The van der Waals surface area contributed by atoms with Crippen LogP contribution in [0, 0.1) is 10.1 Å². The summed E-state index contributed by atoms with van der Waals surface area (Å²) in [6.45, 7) is 0.940. The van der Waals surface area contributed by atoms with Gasteiger partial charge in [-0.1, -0.05) is 35.3 Å². The topological polar surface area (TPSA) is 147 Å². The molecule has 0 saturated carbocycles. The van der Waals surface area contributed by atoms with Gasteiger partial charge in [0.2, 0.25) is 5.95 Å². The molecular formula is C23H17Cl2N9O2. The molecule has 0 unspecified atom stereocenters. The van der Waals surface area contributed by atoms with E-state index in [1.165, 1.54) is 12.3 Å². The standard InChI is InChI=1S/C23H17Cl2N9O2/c24-13-4-6-16(18(25)10-13)21-17(15-2-1-3-19-22(15)32-33-31-19)12-29-23(30-21)27-9-8-26-20-7-5-14(11-28-20)34(35)36/h1-7,10-12H,8-9H2,(H,26,28)(H,27,29,30)(H,31,32,33). The molecule has 13 heteroatoms. The predicted molar refractivity (Wildman–Crippen MR) is 138 cm³/mol. The monoisotopic (exact) mass is 521 g/mol. The molecule has 180 valence electrons. The molecule has 3 aromatic heterocycles. The van der Waals surface area contributed by atoms with Crippen LogP contribution in [-0.4, -0.2) is 48.4 Å². The molecule has 0 bridgehead atoms. The summed E-state index contributed by atoms with van der Waals surface area (Å²) in [5, 5.41) is 29.1. The van der Waals surface area contributed by atoms with E-state index in [0.29, 0.717) is 57.2 Å². The van der Waals surface area contributed by atoms with E-state index >= 15 is 0 Å². The molecule has 0 amide bonds. The lowest BCUT2D eigenvalue weighted by atomic mass is 9.99. The highest BCUT2D eigenvalue weighted by Gasteiger charge is 2.18. The first-order chi connectivity index (χ1) is 17.5. The second-order valence-corrected chi connectivity index (χ2v) is 8.43. The van der Waals surface area contributed by atoms with Crippen molar-refractivity contribution >= 4 is 51.7 Å². The summed E-state index contributed by atoms with van der Waals surface area (Å²) in [4.78, 5) is 23.5. The minimum Gasteiger partial charge on any atom is -0.368 e. The Labute approximate surface area is 214 Å². The maximum absolute atomic E-state index is 10.8. The number of rotatable bonds is 8. The van der Waals surface area contributed by atoms with Crippen molar-refractivity contribution in [2.24, 2.45) is 0 Å². The molecule has 5 aromatic rings. The number of aromatic amines is 1. The number of hydrogen-bond donors (Lipinski definition) is 3. The summed E-state index contributed by atoms with van der Waals surface area (Å²) < 4.78 is 0. The Morgan fingerprint density at radius 2 is 1.78 bits per heavy atom. The van der Waals surface area contributed by atoms with Gasteiger partial charge in [-0.2, -0.15) is 15.4 Å². The smallest absolute Gasteiger partial charge is 0.287 e. The number of anilines is 2. The second-order valence-electron chi connectivity index (χ2n) is 7.59. The summed E-state index contributed by atoms with van der Waals surface area (Å²) in [5.74, 6) is 0.915. The summed E-state index contributed by atoms with van der Waals surface area (Å²) in [6, 6.07) is 13.8. The predicted octanol–water partition coefficient (Wildman–Crippen LogP) is 5.22. The first kappa shape index (κ1) is 23.4. The van der Waals surface area contributed by atoms with Crippen molar-refractivity contribution in [2.45, 2.75) is 0 Å². The number of nitrogens with zero attached hydrogens (tertiary/aromatic N) is 6. The zero-order chi connectivity index (χ0) is 25.1. The molecule has 0 atom stereocenters. The van der Waals surface area contributed by atoms with Crippen LogP contribution in [0.25, 0.3) is 33.4 Å². The first-order valence-corrected chi connectivity index (χ1v) is 11.5. The molecule has 0 fully saturated rings. The van der Waals surface area contributed by atoms with Crippen LogP contribution in [0.2, 0.25) is 10.0 Å². The summed E-state index contributed by atoms with van der Waals surface area (Å²) >= 11 is 12.7. The minimum absolute atomic E-state index is 0.0677. The van der Waals surface area contributed by atoms with Crippen molar-refractivity contribution in [1.82, 2.24) is 30.4 Å². The van der Waals surface area contributed by atoms with E-state index in [2.05, 4.69) is 36.0 Å². The van der Waals surface area contributed by atoms with Crippen molar-refractivity contribution in [2.75, 3.05) is 23.7 Å². The third-order valence-corrected chi connectivity index (χ3v) is 5.83. The molecule has 2 aromatic carbocycles. The maximum atomic E-state index is 10.8. The molecule has 5 rings (SSSR count). The molecule has 11 nitrogen and oxygen atoms in total. The number of aromatic nitrogens is 6. The van der Waals surface area contributed by atoms with Crippen molar-refractivity contribution < 1.29 is 4.92 Å². The van der Waals surface area contributed by atoms with Crippen LogP contribution in [-0.2, 0) is 0 Å². The van der Waals surface area contributed by atoms with Crippen molar-refractivity contribution in [3.8, 4) is 22.4 Å². The summed E-state index contributed by atoms with van der Waals surface area (Å²) in [5.41, 5.74) is 4.17. The van der Waals surface area contributed by atoms with Gasteiger partial charge in [0.25, 0.3) is 5.69 Å². The van der Waals surface area contributed by atoms with Gasteiger partial charge in [0, 0.05) is 47.1 Å². The van der Waals surface area contributed by atoms with E-state index < -0.39 is 4.92 Å². The average molecular weight is 522 g/mol. The normalized spacial score (nSPS) is 10.9. The Balaban J connectivity index is 1.40. The molecule has 0 spiro atoms. The zero-order valence-electron chi connectivity index (χ0n) is 18.4. The van der Waals surface area contributed by atoms with Gasteiger partial charge in [-0.25, -0.2) is 15.0 Å². The number of nitro groups is 1. The van der Waals surface area contributed by atoms with E-state index in [9.17, 15) is 10.1 Å². The number of H-pyrrole nitrogens is 1. The van der Waals surface area contributed by atoms with Crippen molar-refractivity contribution in [3.63, 3.8) is 0 Å². The fourth-order valence-corrected chi connectivity index (χ4v) is 4.10. The Bertz CT molecular complexity index is 1560. The Hall–Kier alpha value is -4.35. The second kappa shape index (κ2) is 10.1. The number of fused-ring (bicyclic) bond motifs is 1. The van der Waals surface area contributed by atoms with Crippen LogP contribution in [0.1, 0.15) is 0 Å². The van der Waals surface area contributed by atoms with E-state index in [1.807, 2.05) is 24.3 Å². The first-order valence-electron chi connectivity index (χ1n) is 10.7. The minimum atomic E-state index is -0.493. The number of nitrogens with one attached hydrogen (secondary N) is 3. The maximum Gasteiger partial charge on any atom is 0.287 e. The number of benzene rings is 2. The largest absolute Gasteiger partial charge is 0.368 e. The summed E-state index contributed by atoms with van der Waals surface area (Å²) in [7, 11) is 0. The van der Waals surface area contributed by atoms with Gasteiger partial charge >= 0.3 is 0 Å². The highest BCUT2D eigenvalue weighted by molar-refractivity contribution is 6.36. The van der Waals surface area contributed by atoms with Gasteiger partial charge in [0.05, 0.1) is 15.6 Å². The van der Waals surface area contributed by atoms with Crippen molar-refractivity contribution in [1.29, 1.82) is 0 Å². The van der Waals surface area contributed by atoms with Crippen LogP contribution in [0.5, 0.6) is 0 Å². The van der Waals surface area contributed by atoms with E-state index in [4.69, 9.17) is 28.2 Å².